The molecule has 3 aromatic rings. The number of carbonyl (C=O) groups is 2. The Bertz CT molecular complexity index is 1150. The van der Waals surface area contributed by atoms with E-state index in [1.807, 2.05) is 42.9 Å². The second-order valence-electron chi connectivity index (χ2n) is 8.92. The molecule has 1 aliphatic heterocycles. The number of aryl methyl sites for hydroxylation is 2. The normalized spacial score (nSPS) is 13.3. The van der Waals surface area contributed by atoms with Crippen molar-refractivity contribution in [2.24, 2.45) is 0 Å². The molecule has 1 aromatic carbocycles. The molecule has 1 aliphatic rings. The van der Waals surface area contributed by atoms with Crippen LogP contribution in [0, 0.1) is 13.8 Å². The number of hydrogen-bond acceptors (Lipinski definition) is 7. The number of thiophene rings is 1. The van der Waals surface area contributed by atoms with Crippen LogP contribution in [0.4, 0.5) is 5.69 Å². The van der Waals surface area contributed by atoms with Crippen LogP contribution in [0.5, 0.6) is 0 Å². The number of hydrogen-bond donors (Lipinski definition) is 1. The minimum absolute atomic E-state index is 0.0597. The number of unbranched alkanes of at least 4 members (excludes halogenated alkanes) is 2. The first-order chi connectivity index (χ1) is 16.4. The van der Waals surface area contributed by atoms with Gasteiger partial charge in [-0.3, -0.25) is 14.6 Å². The fourth-order valence-electron chi connectivity index (χ4n) is 4.29. The molecule has 0 saturated carbocycles. The van der Waals surface area contributed by atoms with Gasteiger partial charge in [-0.15, -0.1) is 11.3 Å². The van der Waals surface area contributed by atoms with E-state index in [-0.39, 0.29) is 24.9 Å². The van der Waals surface area contributed by atoms with Gasteiger partial charge in [0, 0.05) is 36.1 Å². The molecule has 182 valence electrons. The van der Waals surface area contributed by atoms with Crippen molar-refractivity contribution in [2.75, 3.05) is 31.6 Å². The monoisotopic (exact) mass is 483 g/mol. The van der Waals surface area contributed by atoms with Crippen molar-refractivity contribution in [3.63, 3.8) is 0 Å². The van der Waals surface area contributed by atoms with E-state index in [1.54, 1.807) is 16.3 Å². The Morgan fingerprint density at radius 2 is 2.03 bits per heavy atom. The highest BCUT2D eigenvalue weighted by Crippen LogP contribution is 2.30. The zero-order chi connectivity index (χ0) is 24.2. The summed E-state index contributed by atoms with van der Waals surface area (Å²) in [4.78, 5) is 29.3. The Morgan fingerprint density at radius 1 is 1.21 bits per heavy atom. The summed E-state index contributed by atoms with van der Waals surface area (Å²) >= 11 is 1.72. The maximum atomic E-state index is 13.3. The molecule has 8 nitrogen and oxygen atoms in total. The van der Waals surface area contributed by atoms with E-state index in [9.17, 15) is 9.59 Å². The molecule has 2 amide bonds. The van der Waals surface area contributed by atoms with Crippen LogP contribution < -0.4 is 10.2 Å². The number of hydrazine groups is 1. The summed E-state index contributed by atoms with van der Waals surface area (Å²) in [5.74, 6) is -0.146. The van der Waals surface area contributed by atoms with Gasteiger partial charge in [0.25, 0.3) is 5.91 Å². The van der Waals surface area contributed by atoms with Crippen LogP contribution in [-0.2, 0) is 22.7 Å². The summed E-state index contributed by atoms with van der Waals surface area (Å²) in [6.45, 7) is 8.30. The summed E-state index contributed by atoms with van der Waals surface area (Å²) < 4.78 is 5.40. The molecule has 0 radical (unpaired) electrons. The molecule has 0 bridgehead atoms. The standard InChI is InChI=1S/C25H33N5O3S/c1-5-6-7-9-26-24(31)15-29(21-12-20-18(3)27-33-22(20)11-17(21)2)16-25(32)28(4)30-13-19-8-10-34-23(19)14-30/h8,10-12H,5-7,9,13-16H2,1-4H3,(H,26,31). The number of benzene rings is 1. The summed E-state index contributed by atoms with van der Waals surface area (Å²) in [5, 5.41) is 13.8. The first-order valence-corrected chi connectivity index (χ1v) is 12.7. The third kappa shape index (κ3) is 5.26. The van der Waals surface area contributed by atoms with Crippen LogP contribution in [0.15, 0.2) is 28.1 Å². The lowest BCUT2D eigenvalue weighted by Crippen LogP contribution is -2.48. The van der Waals surface area contributed by atoms with Crippen LogP contribution in [0.3, 0.4) is 0 Å². The van der Waals surface area contributed by atoms with Gasteiger partial charge in [-0.2, -0.15) is 0 Å². The molecule has 0 atom stereocenters. The number of fused-ring (bicyclic) bond motifs is 2. The summed E-state index contributed by atoms with van der Waals surface area (Å²) in [6.07, 6.45) is 3.13. The van der Waals surface area contributed by atoms with Crippen molar-refractivity contribution < 1.29 is 14.1 Å². The Balaban J connectivity index is 1.52. The Labute approximate surface area is 204 Å². The van der Waals surface area contributed by atoms with Gasteiger partial charge in [0.15, 0.2) is 5.58 Å². The van der Waals surface area contributed by atoms with Gasteiger partial charge in [0.1, 0.15) is 0 Å². The number of nitrogens with one attached hydrogen (secondary N) is 1. The van der Waals surface area contributed by atoms with Crippen molar-refractivity contribution in [3.8, 4) is 0 Å². The highest BCUT2D eigenvalue weighted by atomic mass is 32.1. The van der Waals surface area contributed by atoms with E-state index >= 15 is 0 Å². The van der Waals surface area contributed by atoms with Gasteiger partial charge in [0.05, 0.1) is 25.3 Å². The van der Waals surface area contributed by atoms with Crippen LogP contribution in [0.1, 0.15) is 47.9 Å². The zero-order valence-electron chi connectivity index (χ0n) is 20.4. The van der Waals surface area contributed by atoms with Crippen LogP contribution in [0.2, 0.25) is 0 Å². The van der Waals surface area contributed by atoms with Crippen molar-refractivity contribution in [3.05, 3.63) is 45.3 Å². The number of nitrogens with zero attached hydrogens (tertiary/aromatic N) is 4. The summed E-state index contributed by atoms with van der Waals surface area (Å²) in [7, 11) is 1.81. The smallest absolute Gasteiger partial charge is 0.256 e. The Kier molecular flexibility index (Phi) is 7.53. The lowest BCUT2D eigenvalue weighted by Gasteiger charge is -2.32. The van der Waals surface area contributed by atoms with Crippen molar-refractivity contribution in [2.45, 2.75) is 53.1 Å². The van der Waals surface area contributed by atoms with Crippen LogP contribution in [0.25, 0.3) is 11.0 Å². The second kappa shape index (κ2) is 10.6. The first-order valence-electron chi connectivity index (χ1n) is 11.8. The van der Waals surface area contributed by atoms with E-state index < -0.39 is 0 Å². The molecule has 1 N–H and O–H groups in total. The molecule has 0 spiro atoms. The fraction of sp³-hybridized carbons (Fsp3) is 0.480. The average Bonchev–Trinajstić information content (AvgIpc) is 3.50. The zero-order valence-corrected chi connectivity index (χ0v) is 21.2. The Hall–Kier alpha value is -2.91. The highest BCUT2D eigenvalue weighted by Gasteiger charge is 2.28. The van der Waals surface area contributed by atoms with Crippen molar-refractivity contribution in [1.29, 1.82) is 0 Å². The van der Waals surface area contributed by atoms with E-state index in [0.29, 0.717) is 12.1 Å². The molecule has 34 heavy (non-hydrogen) atoms. The van der Waals surface area contributed by atoms with Gasteiger partial charge in [-0.1, -0.05) is 24.9 Å². The fourth-order valence-corrected chi connectivity index (χ4v) is 5.20. The third-order valence-electron chi connectivity index (χ3n) is 6.37. The van der Waals surface area contributed by atoms with Crippen molar-refractivity contribution in [1.82, 2.24) is 20.5 Å². The maximum Gasteiger partial charge on any atom is 0.256 e. The van der Waals surface area contributed by atoms with Gasteiger partial charge in [0.2, 0.25) is 5.91 Å². The molecule has 0 fully saturated rings. The highest BCUT2D eigenvalue weighted by molar-refractivity contribution is 7.10. The minimum Gasteiger partial charge on any atom is -0.356 e. The van der Waals surface area contributed by atoms with E-state index in [4.69, 9.17) is 4.52 Å². The largest absolute Gasteiger partial charge is 0.356 e. The van der Waals surface area contributed by atoms with Gasteiger partial charge in [-0.05, 0) is 55.0 Å². The molecular weight excluding hydrogens is 450 g/mol. The molecule has 9 heteroatoms. The SMILES string of the molecule is CCCCCNC(=O)CN(CC(=O)N(C)N1Cc2ccsc2C1)c1cc2c(C)noc2cc1C. The predicted molar refractivity (Wildman–Crippen MR) is 135 cm³/mol. The van der Waals surface area contributed by atoms with E-state index in [1.165, 1.54) is 10.4 Å². The topological polar surface area (TPSA) is 81.9 Å². The molecule has 0 unspecified atom stereocenters. The lowest BCUT2D eigenvalue weighted by molar-refractivity contribution is -0.145. The quantitative estimate of drug-likeness (QED) is 0.439. The molecule has 2 aromatic heterocycles. The summed E-state index contributed by atoms with van der Waals surface area (Å²) in [6, 6.07) is 6.01. The molecule has 0 aliphatic carbocycles. The number of anilines is 1. The van der Waals surface area contributed by atoms with Gasteiger partial charge in [-0.25, -0.2) is 5.01 Å². The van der Waals surface area contributed by atoms with Crippen molar-refractivity contribution >= 4 is 39.8 Å². The third-order valence-corrected chi connectivity index (χ3v) is 7.32. The second-order valence-corrected chi connectivity index (χ2v) is 9.93. The number of aromatic nitrogens is 1. The van der Waals surface area contributed by atoms with Gasteiger partial charge >= 0.3 is 0 Å². The van der Waals surface area contributed by atoms with E-state index in [2.05, 4.69) is 28.8 Å². The number of rotatable bonds is 10. The maximum absolute atomic E-state index is 13.3. The van der Waals surface area contributed by atoms with E-state index in [0.717, 1.165) is 54.7 Å². The number of amides is 2. The number of likely N-dealkylation sites (N-methyl/N-ethyl adjacent to an activating group) is 1. The average molecular weight is 484 g/mol. The lowest BCUT2D eigenvalue weighted by atomic mass is 10.1. The van der Waals surface area contributed by atoms with Crippen LogP contribution in [-0.4, -0.2) is 53.7 Å². The molecule has 0 saturated heterocycles. The number of carbonyl (C=O) groups excluding carboxylic acids is 2. The molecular formula is C25H33N5O3S. The predicted octanol–water partition coefficient (Wildman–Crippen LogP) is 4.01. The van der Waals surface area contributed by atoms with Gasteiger partial charge < -0.3 is 14.7 Å². The minimum atomic E-state index is -0.0866. The summed E-state index contributed by atoms with van der Waals surface area (Å²) in [5.41, 5.74) is 4.53. The Morgan fingerprint density at radius 3 is 2.79 bits per heavy atom. The van der Waals surface area contributed by atoms with Crippen LogP contribution >= 0.6 is 11.3 Å². The molecule has 3 heterocycles. The first kappa shape index (κ1) is 24.2. The molecule has 4 rings (SSSR count).